The Kier molecular flexibility index (Phi) is 4.82. The molecule has 0 radical (unpaired) electrons. The molecule has 0 spiro atoms. The lowest BCUT2D eigenvalue weighted by atomic mass is 10.1. The first-order valence-electron chi connectivity index (χ1n) is 6.57. The Bertz CT molecular complexity index is 708. The van der Waals surface area contributed by atoms with Crippen LogP contribution in [0.5, 0.6) is 0 Å². The Labute approximate surface area is 129 Å². The highest BCUT2D eigenvalue weighted by molar-refractivity contribution is 6.30. The van der Waals surface area contributed by atoms with Gasteiger partial charge in [-0.25, -0.2) is 0 Å². The van der Waals surface area contributed by atoms with Crippen molar-refractivity contribution < 1.29 is 0 Å². The van der Waals surface area contributed by atoms with E-state index < -0.39 is 0 Å². The van der Waals surface area contributed by atoms with Crippen LogP contribution in [0.4, 0.5) is 5.69 Å². The molecule has 0 fully saturated rings. The van der Waals surface area contributed by atoms with E-state index >= 15 is 0 Å². The highest BCUT2D eigenvalue weighted by atomic mass is 35.5. The first kappa shape index (κ1) is 14.9. The largest absolute Gasteiger partial charge is 0.382 e. The Hall–Kier alpha value is -2.49. The van der Waals surface area contributed by atoms with Crippen molar-refractivity contribution in [3.05, 3.63) is 64.2 Å². The SMILES string of the molecule is CC(Cc1ccc(Cl)cc1)Nc1ccc(C#N)c(C#N)c1. The number of halogens is 1. The van der Waals surface area contributed by atoms with Crippen LogP contribution in [-0.4, -0.2) is 6.04 Å². The Morgan fingerprint density at radius 1 is 1.05 bits per heavy atom. The molecular formula is C17H14ClN3. The highest BCUT2D eigenvalue weighted by Crippen LogP contribution is 2.17. The van der Waals surface area contributed by atoms with Gasteiger partial charge in [0.2, 0.25) is 0 Å². The van der Waals surface area contributed by atoms with Gasteiger partial charge >= 0.3 is 0 Å². The van der Waals surface area contributed by atoms with E-state index in [2.05, 4.69) is 12.2 Å². The van der Waals surface area contributed by atoms with E-state index in [1.165, 1.54) is 5.56 Å². The first-order chi connectivity index (χ1) is 10.1. The van der Waals surface area contributed by atoms with Crippen LogP contribution in [0.2, 0.25) is 5.02 Å². The van der Waals surface area contributed by atoms with Gasteiger partial charge in [0, 0.05) is 16.8 Å². The molecule has 0 bridgehead atoms. The number of nitrogens with zero attached hydrogens (tertiary/aromatic N) is 2. The molecule has 4 heteroatoms. The Morgan fingerprint density at radius 2 is 1.71 bits per heavy atom. The second-order valence-electron chi connectivity index (χ2n) is 4.86. The summed E-state index contributed by atoms with van der Waals surface area (Å²) in [7, 11) is 0. The van der Waals surface area contributed by atoms with Gasteiger partial charge in [0.1, 0.15) is 12.1 Å². The van der Waals surface area contributed by atoms with Crippen molar-refractivity contribution in [1.82, 2.24) is 0 Å². The zero-order valence-electron chi connectivity index (χ0n) is 11.6. The zero-order valence-corrected chi connectivity index (χ0v) is 12.4. The minimum Gasteiger partial charge on any atom is -0.382 e. The van der Waals surface area contributed by atoms with Gasteiger partial charge in [-0.1, -0.05) is 23.7 Å². The number of hydrogen-bond donors (Lipinski definition) is 1. The molecular weight excluding hydrogens is 282 g/mol. The monoisotopic (exact) mass is 295 g/mol. The number of benzene rings is 2. The Balaban J connectivity index is 2.06. The lowest BCUT2D eigenvalue weighted by molar-refractivity contribution is 0.790. The van der Waals surface area contributed by atoms with Gasteiger partial charge in [0.05, 0.1) is 11.1 Å². The standard InChI is InChI=1S/C17H14ClN3/c1-12(8-13-2-5-16(18)6-3-13)21-17-7-4-14(10-19)15(9-17)11-20/h2-7,9,12,21H,8H2,1H3. The predicted octanol–water partition coefficient (Wildman–Crippen LogP) is 4.13. The van der Waals surface area contributed by atoms with Crippen LogP contribution < -0.4 is 5.32 Å². The fourth-order valence-electron chi connectivity index (χ4n) is 2.13. The quantitative estimate of drug-likeness (QED) is 0.922. The van der Waals surface area contributed by atoms with Crippen LogP contribution in [0.3, 0.4) is 0 Å². The van der Waals surface area contributed by atoms with Crippen LogP contribution in [-0.2, 0) is 6.42 Å². The molecule has 2 aromatic rings. The maximum absolute atomic E-state index is 9.03. The summed E-state index contributed by atoms with van der Waals surface area (Å²) in [6.45, 7) is 2.07. The third-order valence-corrected chi connectivity index (χ3v) is 3.38. The van der Waals surface area contributed by atoms with Crippen molar-refractivity contribution in [3.8, 4) is 12.1 Å². The molecule has 0 heterocycles. The highest BCUT2D eigenvalue weighted by Gasteiger charge is 2.07. The summed E-state index contributed by atoms with van der Waals surface area (Å²) in [4.78, 5) is 0. The minimum atomic E-state index is 0.200. The van der Waals surface area contributed by atoms with E-state index in [0.717, 1.165) is 17.1 Å². The van der Waals surface area contributed by atoms with Gasteiger partial charge in [-0.2, -0.15) is 10.5 Å². The molecule has 1 atom stereocenters. The maximum atomic E-state index is 9.03. The summed E-state index contributed by atoms with van der Waals surface area (Å²) in [5, 5.41) is 22.0. The lowest BCUT2D eigenvalue weighted by Gasteiger charge is -2.16. The van der Waals surface area contributed by atoms with Gasteiger partial charge in [-0.05, 0) is 49.2 Å². The topological polar surface area (TPSA) is 59.6 Å². The van der Waals surface area contributed by atoms with E-state index in [9.17, 15) is 0 Å². The van der Waals surface area contributed by atoms with Crippen molar-refractivity contribution >= 4 is 17.3 Å². The average molecular weight is 296 g/mol. The van der Waals surface area contributed by atoms with Crippen molar-refractivity contribution in [2.75, 3.05) is 5.32 Å². The fraction of sp³-hybridized carbons (Fsp3) is 0.176. The van der Waals surface area contributed by atoms with E-state index in [0.29, 0.717) is 11.1 Å². The van der Waals surface area contributed by atoms with Gasteiger partial charge in [0.15, 0.2) is 0 Å². The lowest BCUT2D eigenvalue weighted by Crippen LogP contribution is -2.18. The van der Waals surface area contributed by atoms with Crippen molar-refractivity contribution in [2.24, 2.45) is 0 Å². The zero-order chi connectivity index (χ0) is 15.2. The molecule has 2 aromatic carbocycles. The summed E-state index contributed by atoms with van der Waals surface area (Å²) in [5.41, 5.74) is 2.81. The molecule has 0 aromatic heterocycles. The third kappa shape index (κ3) is 3.99. The molecule has 0 saturated heterocycles. The number of hydrogen-bond acceptors (Lipinski definition) is 3. The van der Waals surface area contributed by atoms with Crippen LogP contribution in [0.1, 0.15) is 23.6 Å². The molecule has 104 valence electrons. The number of rotatable bonds is 4. The number of nitrogens with one attached hydrogen (secondary N) is 1. The second-order valence-corrected chi connectivity index (χ2v) is 5.30. The molecule has 0 saturated carbocycles. The second kappa shape index (κ2) is 6.79. The van der Waals surface area contributed by atoms with E-state index in [-0.39, 0.29) is 6.04 Å². The number of anilines is 1. The summed E-state index contributed by atoms with van der Waals surface area (Å²) < 4.78 is 0. The molecule has 3 nitrogen and oxygen atoms in total. The first-order valence-corrected chi connectivity index (χ1v) is 6.95. The molecule has 2 rings (SSSR count). The van der Waals surface area contributed by atoms with Gasteiger partial charge in [0.25, 0.3) is 0 Å². The van der Waals surface area contributed by atoms with E-state index in [4.69, 9.17) is 22.1 Å². The Morgan fingerprint density at radius 3 is 2.33 bits per heavy atom. The minimum absolute atomic E-state index is 0.200. The third-order valence-electron chi connectivity index (χ3n) is 3.13. The van der Waals surface area contributed by atoms with Crippen LogP contribution in [0, 0.1) is 22.7 Å². The van der Waals surface area contributed by atoms with Gasteiger partial charge in [-0.3, -0.25) is 0 Å². The van der Waals surface area contributed by atoms with E-state index in [1.807, 2.05) is 42.5 Å². The molecule has 0 amide bonds. The molecule has 1 N–H and O–H groups in total. The molecule has 1 unspecified atom stereocenters. The summed E-state index contributed by atoms with van der Waals surface area (Å²) in [6, 6.07) is 17.2. The summed E-state index contributed by atoms with van der Waals surface area (Å²) >= 11 is 5.87. The van der Waals surface area contributed by atoms with Crippen LogP contribution in [0.15, 0.2) is 42.5 Å². The van der Waals surface area contributed by atoms with E-state index in [1.54, 1.807) is 12.1 Å². The van der Waals surface area contributed by atoms with Crippen molar-refractivity contribution in [3.63, 3.8) is 0 Å². The van der Waals surface area contributed by atoms with Crippen molar-refractivity contribution in [2.45, 2.75) is 19.4 Å². The maximum Gasteiger partial charge on any atom is 0.101 e. The number of nitriles is 2. The van der Waals surface area contributed by atoms with Crippen LogP contribution in [0.25, 0.3) is 0 Å². The fourth-order valence-corrected chi connectivity index (χ4v) is 2.26. The molecule has 0 aliphatic heterocycles. The summed E-state index contributed by atoms with van der Waals surface area (Å²) in [5.74, 6) is 0. The molecule has 21 heavy (non-hydrogen) atoms. The summed E-state index contributed by atoms with van der Waals surface area (Å²) in [6.07, 6.45) is 0.846. The van der Waals surface area contributed by atoms with Crippen molar-refractivity contribution in [1.29, 1.82) is 10.5 Å². The van der Waals surface area contributed by atoms with Crippen LogP contribution >= 0.6 is 11.6 Å². The smallest absolute Gasteiger partial charge is 0.101 e. The van der Waals surface area contributed by atoms with Gasteiger partial charge < -0.3 is 5.32 Å². The predicted molar refractivity (Wildman–Crippen MR) is 84.1 cm³/mol. The van der Waals surface area contributed by atoms with Gasteiger partial charge in [-0.15, -0.1) is 0 Å². The molecule has 0 aliphatic carbocycles. The normalized spacial score (nSPS) is 11.2. The average Bonchev–Trinajstić information content (AvgIpc) is 2.49. The molecule has 0 aliphatic rings.